The molecule has 7 nitrogen and oxygen atoms in total. The number of aryl methyl sites for hydroxylation is 2. The summed E-state index contributed by atoms with van der Waals surface area (Å²) in [5.74, 6) is 2.71. The molecule has 2 aromatic rings. The molecule has 8 heteroatoms. The Morgan fingerprint density at radius 3 is 2.83 bits per heavy atom. The Balaban J connectivity index is 1.37. The predicted molar refractivity (Wildman–Crippen MR) is 87.5 cm³/mol. The number of anilines is 1. The number of thiazole rings is 1. The molecule has 0 aromatic carbocycles. The maximum atomic E-state index is 12.2. The molecule has 1 aliphatic heterocycles. The fraction of sp³-hybridized carbons (Fsp3) is 0.600. The molecule has 1 saturated carbocycles. The van der Waals surface area contributed by atoms with Gasteiger partial charge in [0.15, 0.2) is 5.13 Å². The Labute approximate surface area is 138 Å². The second-order valence-electron chi connectivity index (χ2n) is 6.32. The highest BCUT2D eigenvalue weighted by molar-refractivity contribution is 7.15. The van der Waals surface area contributed by atoms with Crippen LogP contribution in [0.25, 0.3) is 0 Å². The zero-order valence-electron chi connectivity index (χ0n) is 13.4. The summed E-state index contributed by atoms with van der Waals surface area (Å²) in [7, 11) is 0. The minimum Gasteiger partial charge on any atom is -0.312 e. The van der Waals surface area contributed by atoms with Crippen LogP contribution >= 0.6 is 11.3 Å². The van der Waals surface area contributed by atoms with Crippen LogP contribution in [0.3, 0.4) is 0 Å². The van der Waals surface area contributed by atoms with E-state index in [1.165, 1.54) is 24.2 Å². The van der Waals surface area contributed by atoms with Crippen molar-refractivity contribution in [2.45, 2.75) is 45.7 Å². The molecule has 122 valence electrons. The molecule has 0 atom stereocenters. The zero-order valence-corrected chi connectivity index (χ0v) is 14.2. The maximum absolute atomic E-state index is 12.2. The van der Waals surface area contributed by atoms with E-state index in [2.05, 4.69) is 30.0 Å². The summed E-state index contributed by atoms with van der Waals surface area (Å²) in [5.41, 5.74) is 0.976. The minimum absolute atomic E-state index is 0.0193. The molecule has 1 amide bonds. The average molecular weight is 332 g/mol. The number of hydrogen-bond acceptors (Lipinski definition) is 6. The third-order valence-electron chi connectivity index (χ3n) is 4.45. The van der Waals surface area contributed by atoms with E-state index in [1.54, 1.807) is 0 Å². The summed E-state index contributed by atoms with van der Waals surface area (Å²) in [6, 6.07) is 0. The molecular weight excluding hydrogens is 312 g/mol. The highest BCUT2D eigenvalue weighted by Gasteiger charge is 2.32. The van der Waals surface area contributed by atoms with Gasteiger partial charge < -0.3 is 9.88 Å². The lowest BCUT2D eigenvalue weighted by Crippen LogP contribution is -2.39. The van der Waals surface area contributed by atoms with Gasteiger partial charge in [-0.2, -0.15) is 0 Å². The quantitative estimate of drug-likeness (QED) is 0.922. The number of nitrogens with one attached hydrogen (secondary N) is 1. The molecule has 2 aromatic heterocycles. The van der Waals surface area contributed by atoms with Crippen molar-refractivity contribution in [3.8, 4) is 0 Å². The lowest BCUT2D eigenvalue weighted by atomic mass is 10.3. The van der Waals surface area contributed by atoms with Crippen LogP contribution in [-0.2, 0) is 17.9 Å². The van der Waals surface area contributed by atoms with Crippen molar-refractivity contribution in [3.63, 3.8) is 0 Å². The first-order chi connectivity index (χ1) is 11.1. The fourth-order valence-corrected chi connectivity index (χ4v) is 3.73. The van der Waals surface area contributed by atoms with Crippen molar-refractivity contribution >= 4 is 22.4 Å². The summed E-state index contributed by atoms with van der Waals surface area (Å²) < 4.78 is 2.24. The lowest BCUT2D eigenvalue weighted by molar-refractivity contribution is -0.117. The average Bonchev–Trinajstić information content (AvgIpc) is 3.19. The van der Waals surface area contributed by atoms with Gasteiger partial charge in [0.25, 0.3) is 0 Å². The minimum atomic E-state index is -0.0193. The number of rotatable bonds is 4. The first-order valence-corrected chi connectivity index (χ1v) is 8.80. The van der Waals surface area contributed by atoms with Gasteiger partial charge in [0, 0.05) is 23.9 Å². The van der Waals surface area contributed by atoms with E-state index in [0.717, 1.165) is 35.3 Å². The SMILES string of the molecule is Cc1nc(NC(=O)CN2CCn3c(nnc3C3CC3)C2)sc1C. The Kier molecular flexibility index (Phi) is 3.65. The van der Waals surface area contributed by atoms with Gasteiger partial charge in [0.05, 0.1) is 18.8 Å². The molecule has 0 radical (unpaired) electrons. The molecule has 0 saturated heterocycles. The topological polar surface area (TPSA) is 75.9 Å². The molecule has 1 N–H and O–H groups in total. The van der Waals surface area contributed by atoms with Crippen molar-refractivity contribution in [3.05, 3.63) is 22.2 Å². The first kappa shape index (κ1) is 14.8. The third kappa shape index (κ3) is 3.00. The molecule has 3 heterocycles. The van der Waals surface area contributed by atoms with Crippen LogP contribution < -0.4 is 5.32 Å². The molecule has 23 heavy (non-hydrogen) atoms. The van der Waals surface area contributed by atoms with E-state index in [1.807, 2.05) is 13.8 Å². The van der Waals surface area contributed by atoms with Crippen LogP contribution in [0.1, 0.15) is 41.0 Å². The van der Waals surface area contributed by atoms with Gasteiger partial charge in [-0.3, -0.25) is 9.69 Å². The highest BCUT2D eigenvalue weighted by atomic mass is 32.1. The van der Waals surface area contributed by atoms with E-state index < -0.39 is 0 Å². The Morgan fingerprint density at radius 2 is 2.13 bits per heavy atom. The summed E-state index contributed by atoms with van der Waals surface area (Å²) in [5, 5.41) is 12.2. The zero-order chi connectivity index (χ0) is 16.0. The van der Waals surface area contributed by atoms with Gasteiger partial charge in [-0.1, -0.05) is 0 Å². The largest absolute Gasteiger partial charge is 0.312 e. The van der Waals surface area contributed by atoms with Gasteiger partial charge >= 0.3 is 0 Å². The van der Waals surface area contributed by atoms with E-state index in [4.69, 9.17) is 0 Å². The summed E-state index contributed by atoms with van der Waals surface area (Å²) in [4.78, 5) is 19.8. The van der Waals surface area contributed by atoms with Gasteiger partial charge in [0.1, 0.15) is 11.6 Å². The van der Waals surface area contributed by atoms with Crippen molar-refractivity contribution in [1.29, 1.82) is 0 Å². The maximum Gasteiger partial charge on any atom is 0.240 e. The normalized spacial score (nSPS) is 18.0. The molecule has 0 spiro atoms. The van der Waals surface area contributed by atoms with E-state index in [-0.39, 0.29) is 5.91 Å². The number of nitrogens with zero attached hydrogens (tertiary/aromatic N) is 5. The van der Waals surface area contributed by atoms with Gasteiger partial charge in [-0.05, 0) is 26.7 Å². The second-order valence-corrected chi connectivity index (χ2v) is 7.52. The number of aromatic nitrogens is 4. The predicted octanol–water partition coefficient (Wildman–Crippen LogP) is 1.68. The Morgan fingerprint density at radius 1 is 1.30 bits per heavy atom. The second kappa shape index (κ2) is 5.68. The number of carbonyl (C=O) groups excluding carboxylic acids is 1. The summed E-state index contributed by atoms with van der Waals surface area (Å²) in [6.07, 6.45) is 2.47. The first-order valence-electron chi connectivity index (χ1n) is 7.98. The van der Waals surface area contributed by atoms with Crippen LogP contribution in [0.4, 0.5) is 5.13 Å². The number of carbonyl (C=O) groups is 1. The molecule has 2 aliphatic rings. The standard InChI is InChI=1S/C15H20N6OS/c1-9-10(2)23-15(16-9)17-13(22)8-20-5-6-21-12(7-20)18-19-14(21)11-3-4-11/h11H,3-8H2,1-2H3,(H,16,17,22). The third-order valence-corrected chi connectivity index (χ3v) is 5.43. The highest BCUT2D eigenvalue weighted by Crippen LogP contribution is 2.39. The van der Waals surface area contributed by atoms with Crippen LogP contribution in [0.15, 0.2) is 0 Å². The molecular formula is C15H20N6OS. The summed E-state index contributed by atoms with van der Waals surface area (Å²) >= 11 is 1.52. The molecule has 0 bridgehead atoms. The van der Waals surface area contributed by atoms with Crippen LogP contribution in [0, 0.1) is 13.8 Å². The number of amides is 1. The van der Waals surface area contributed by atoms with Crippen LogP contribution in [-0.4, -0.2) is 43.6 Å². The van der Waals surface area contributed by atoms with E-state index in [0.29, 0.717) is 24.1 Å². The van der Waals surface area contributed by atoms with Gasteiger partial charge in [-0.25, -0.2) is 4.98 Å². The van der Waals surface area contributed by atoms with E-state index in [9.17, 15) is 4.79 Å². The van der Waals surface area contributed by atoms with Crippen LogP contribution in [0.2, 0.25) is 0 Å². The van der Waals surface area contributed by atoms with Crippen molar-refractivity contribution < 1.29 is 4.79 Å². The van der Waals surface area contributed by atoms with Gasteiger partial charge in [-0.15, -0.1) is 21.5 Å². The summed E-state index contributed by atoms with van der Waals surface area (Å²) in [6.45, 7) is 6.74. The molecule has 1 aliphatic carbocycles. The Bertz CT molecular complexity index is 728. The lowest BCUT2D eigenvalue weighted by Gasteiger charge is -2.26. The number of hydrogen-bond donors (Lipinski definition) is 1. The fourth-order valence-electron chi connectivity index (χ4n) is 2.90. The Hall–Kier alpha value is -1.80. The smallest absolute Gasteiger partial charge is 0.240 e. The molecule has 0 unspecified atom stereocenters. The molecule has 1 fully saturated rings. The van der Waals surface area contributed by atoms with Gasteiger partial charge in [0.2, 0.25) is 5.91 Å². The number of fused-ring (bicyclic) bond motifs is 1. The monoisotopic (exact) mass is 332 g/mol. The van der Waals surface area contributed by atoms with Crippen LogP contribution in [0.5, 0.6) is 0 Å². The van der Waals surface area contributed by atoms with Crippen molar-refractivity contribution in [2.24, 2.45) is 0 Å². The molecule has 4 rings (SSSR count). The van der Waals surface area contributed by atoms with Crippen molar-refractivity contribution in [1.82, 2.24) is 24.6 Å². The van der Waals surface area contributed by atoms with E-state index >= 15 is 0 Å². The van der Waals surface area contributed by atoms with Crippen molar-refractivity contribution in [2.75, 3.05) is 18.4 Å².